The van der Waals surface area contributed by atoms with Crippen LogP contribution in [0.4, 0.5) is 0 Å². The Balaban J connectivity index is 0.000000444. The maximum absolute atomic E-state index is 9.58. The lowest BCUT2D eigenvalue weighted by atomic mass is 10.3. The predicted molar refractivity (Wildman–Crippen MR) is 79.4 cm³/mol. The van der Waals surface area contributed by atoms with Gasteiger partial charge in [0.15, 0.2) is 0 Å². The van der Waals surface area contributed by atoms with Crippen LogP contribution in [0, 0.1) is 0 Å². The first-order valence-corrected chi connectivity index (χ1v) is 7.15. The molecule has 108 valence electrons. The van der Waals surface area contributed by atoms with Crippen LogP contribution in [0.2, 0.25) is 0 Å². The first kappa shape index (κ1) is 16.4. The maximum Gasteiger partial charge on any atom is 0.460 e. The van der Waals surface area contributed by atoms with Gasteiger partial charge in [-0.3, -0.25) is 0 Å². The van der Waals surface area contributed by atoms with Gasteiger partial charge in [0.2, 0.25) is 0 Å². The number of para-hydroxylation sites is 2. The summed E-state index contributed by atoms with van der Waals surface area (Å²) in [5.41, 5.74) is 4.78. The van der Waals surface area contributed by atoms with Crippen LogP contribution in [-0.4, -0.2) is 23.2 Å². The molecule has 2 rings (SSSR count). The minimum absolute atomic E-state index is 0.0972. The van der Waals surface area contributed by atoms with Crippen LogP contribution in [0.25, 0.3) is 0 Å². The summed E-state index contributed by atoms with van der Waals surface area (Å²) in [4.78, 5) is 9.58. The average Bonchev–Trinajstić information content (AvgIpc) is 2.49. The van der Waals surface area contributed by atoms with Gasteiger partial charge in [0.25, 0.3) is 0 Å². The molecule has 2 aromatic carbocycles. The number of rotatable bonds is 5. The highest BCUT2D eigenvalue weighted by atomic mass is 31.2. The molecule has 5 nitrogen and oxygen atoms in total. The van der Waals surface area contributed by atoms with Crippen molar-refractivity contribution in [2.45, 2.75) is 0 Å². The first-order valence-electron chi connectivity index (χ1n) is 6.02. The van der Waals surface area contributed by atoms with E-state index in [1.807, 2.05) is 36.4 Å². The molecule has 0 unspecified atom stereocenters. The lowest BCUT2D eigenvalue weighted by molar-refractivity contribution is 0.306. The summed E-state index contributed by atoms with van der Waals surface area (Å²) in [6.07, 6.45) is 0. The number of nitrogens with two attached hydrogens (primary N) is 1. The van der Waals surface area contributed by atoms with Gasteiger partial charge < -0.3 is 24.8 Å². The van der Waals surface area contributed by atoms with E-state index in [0.717, 1.165) is 0 Å². The molecule has 0 atom stereocenters. The van der Waals surface area contributed by atoms with Crippen LogP contribution < -0.4 is 14.8 Å². The van der Waals surface area contributed by atoms with Crippen molar-refractivity contribution in [2.24, 2.45) is 5.73 Å². The number of hydrogen-bond acceptors (Lipinski definition) is 5. The van der Waals surface area contributed by atoms with Crippen molar-refractivity contribution in [1.82, 2.24) is 0 Å². The van der Waals surface area contributed by atoms with Crippen molar-refractivity contribution >= 4 is 8.60 Å². The molecule has 0 aromatic heterocycles. The molecule has 0 radical (unpaired) electrons. The Bertz CT molecular complexity index is 412. The zero-order valence-electron chi connectivity index (χ0n) is 10.9. The maximum atomic E-state index is 9.58. The zero-order valence-corrected chi connectivity index (χ0v) is 11.8. The monoisotopic (exact) mass is 295 g/mol. The van der Waals surface area contributed by atoms with E-state index in [1.165, 1.54) is 0 Å². The minimum Gasteiger partial charge on any atom is -0.418 e. The van der Waals surface area contributed by atoms with Crippen LogP contribution in [0.1, 0.15) is 0 Å². The van der Waals surface area contributed by atoms with Gasteiger partial charge in [-0.25, -0.2) is 0 Å². The molecule has 20 heavy (non-hydrogen) atoms. The Morgan fingerprint density at radius 3 is 1.50 bits per heavy atom. The number of hydrogen-bond donors (Lipinski definition) is 3. The number of benzene rings is 2. The quantitative estimate of drug-likeness (QED) is 0.737. The Labute approximate surface area is 119 Å². The van der Waals surface area contributed by atoms with Crippen LogP contribution >= 0.6 is 8.60 Å². The molecule has 2 aromatic rings. The van der Waals surface area contributed by atoms with Gasteiger partial charge in [0.1, 0.15) is 11.5 Å². The van der Waals surface area contributed by atoms with Crippen molar-refractivity contribution in [2.75, 3.05) is 13.2 Å². The molecule has 0 amide bonds. The SMILES string of the molecule is NCCO.OP(Oc1ccccc1)Oc1ccccc1. The Kier molecular flexibility index (Phi) is 8.35. The molecule has 0 saturated heterocycles. The van der Waals surface area contributed by atoms with E-state index in [2.05, 4.69) is 0 Å². The lowest BCUT2D eigenvalue weighted by Crippen LogP contribution is -2.02. The minimum atomic E-state index is -1.93. The van der Waals surface area contributed by atoms with Crippen molar-refractivity contribution in [3.05, 3.63) is 60.7 Å². The van der Waals surface area contributed by atoms with E-state index in [4.69, 9.17) is 19.9 Å². The van der Waals surface area contributed by atoms with E-state index >= 15 is 0 Å². The van der Waals surface area contributed by atoms with E-state index in [9.17, 15) is 4.89 Å². The van der Waals surface area contributed by atoms with E-state index < -0.39 is 8.60 Å². The fraction of sp³-hybridized carbons (Fsp3) is 0.143. The average molecular weight is 295 g/mol. The van der Waals surface area contributed by atoms with Crippen LogP contribution in [-0.2, 0) is 0 Å². The van der Waals surface area contributed by atoms with Gasteiger partial charge >= 0.3 is 8.60 Å². The first-order chi connectivity index (χ1) is 9.76. The summed E-state index contributed by atoms with van der Waals surface area (Å²) in [5, 5.41) is 7.75. The summed E-state index contributed by atoms with van der Waals surface area (Å²) < 4.78 is 10.4. The summed E-state index contributed by atoms with van der Waals surface area (Å²) in [6, 6.07) is 18.2. The van der Waals surface area contributed by atoms with Crippen molar-refractivity contribution in [3.63, 3.8) is 0 Å². The Morgan fingerprint density at radius 1 is 0.850 bits per heavy atom. The van der Waals surface area contributed by atoms with E-state index in [-0.39, 0.29) is 6.61 Å². The van der Waals surface area contributed by atoms with Crippen molar-refractivity contribution in [3.8, 4) is 11.5 Å². The van der Waals surface area contributed by atoms with Gasteiger partial charge in [0.05, 0.1) is 6.61 Å². The Hall–Kier alpha value is -1.65. The van der Waals surface area contributed by atoms with E-state index in [1.54, 1.807) is 24.3 Å². The van der Waals surface area contributed by atoms with Crippen LogP contribution in [0.5, 0.6) is 11.5 Å². The Morgan fingerprint density at radius 2 is 1.20 bits per heavy atom. The largest absolute Gasteiger partial charge is 0.460 e. The molecule has 0 aliphatic rings. The van der Waals surface area contributed by atoms with Crippen LogP contribution in [0.3, 0.4) is 0 Å². The van der Waals surface area contributed by atoms with Crippen LogP contribution in [0.15, 0.2) is 60.7 Å². The molecule has 0 bridgehead atoms. The fourth-order valence-electron chi connectivity index (χ4n) is 1.16. The summed E-state index contributed by atoms with van der Waals surface area (Å²) in [7, 11) is -1.93. The van der Waals surface area contributed by atoms with Gasteiger partial charge in [-0.2, -0.15) is 0 Å². The lowest BCUT2D eigenvalue weighted by Gasteiger charge is -2.11. The highest BCUT2D eigenvalue weighted by Gasteiger charge is 2.10. The molecular weight excluding hydrogens is 277 g/mol. The van der Waals surface area contributed by atoms with Crippen molar-refractivity contribution in [1.29, 1.82) is 0 Å². The molecule has 0 saturated carbocycles. The normalized spacial score (nSPS) is 9.60. The molecule has 0 spiro atoms. The van der Waals surface area contributed by atoms with Gasteiger partial charge in [-0.1, -0.05) is 36.4 Å². The summed E-state index contributed by atoms with van der Waals surface area (Å²) >= 11 is 0. The molecule has 6 heteroatoms. The highest BCUT2D eigenvalue weighted by Crippen LogP contribution is 2.35. The van der Waals surface area contributed by atoms with Gasteiger partial charge in [0, 0.05) is 6.54 Å². The van der Waals surface area contributed by atoms with Gasteiger partial charge in [-0.15, -0.1) is 0 Å². The second-order valence-electron chi connectivity index (χ2n) is 3.56. The molecule has 0 heterocycles. The third-order valence-electron chi connectivity index (χ3n) is 1.98. The third-order valence-corrected chi connectivity index (χ3v) is 2.72. The third kappa shape index (κ3) is 7.07. The smallest absolute Gasteiger partial charge is 0.418 e. The molecule has 0 fully saturated rings. The number of aliphatic hydroxyl groups excluding tert-OH is 1. The predicted octanol–water partition coefficient (Wildman–Crippen LogP) is 2.30. The van der Waals surface area contributed by atoms with Gasteiger partial charge in [-0.05, 0) is 24.3 Å². The molecule has 0 aliphatic carbocycles. The molecular formula is C14H18NO4P. The fourth-order valence-corrected chi connectivity index (χ4v) is 1.80. The molecule has 4 N–H and O–H groups in total. The second-order valence-corrected chi connectivity index (χ2v) is 4.40. The zero-order chi connectivity index (χ0) is 14.6. The van der Waals surface area contributed by atoms with Crippen molar-refractivity contribution < 1.29 is 19.0 Å². The summed E-state index contributed by atoms with van der Waals surface area (Å²) in [6.45, 7) is 0.472. The summed E-state index contributed by atoms with van der Waals surface area (Å²) in [5.74, 6) is 1.18. The standard InChI is InChI=1S/C12H11O3P.C2H7NO/c13-16(14-11-7-3-1-4-8-11)15-12-9-5-2-6-10-12;3-1-2-4/h1-10,13H;4H,1-3H2. The number of aliphatic hydroxyl groups is 1. The highest BCUT2D eigenvalue weighted by molar-refractivity contribution is 7.41. The topological polar surface area (TPSA) is 84.9 Å². The van der Waals surface area contributed by atoms with E-state index in [0.29, 0.717) is 18.0 Å². The molecule has 0 aliphatic heterocycles. The second kappa shape index (κ2) is 10.2.